The van der Waals surface area contributed by atoms with Gasteiger partial charge in [-0.05, 0) is 48.8 Å². The molecule has 7 nitrogen and oxygen atoms in total. The standard InChI is InChI=1S/C25H26O7/c1-10(2)19-21(29)16(12(4)26)22(30)25(32)23(31)18-14(9-24(19,25)5)11(3)13-7-6-8-15(27)17(13)20(18)28/h6-8,10,19,27-28,30,32H,9H2,1-5H3/t19?,24-,25+/m1/s1. The number of phenolic OH excluding ortho intramolecular Hbond substituents is 2. The Kier molecular flexibility index (Phi) is 4.58. The van der Waals surface area contributed by atoms with Crippen molar-refractivity contribution in [3.05, 3.63) is 46.2 Å². The van der Waals surface area contributed by atoms with Gasteiger partial charge >= 0.3 is 0 Å². The molecule has 0 aromatic heterocycles. The molecule has 4 rings (SSSR count). The van der Waals surface area contributed by atoms with E-state index in [4.69, 9.17) is 0 Å². The second kappa shape index (κ2) is 6.65. The number of carbonyl (C=O) groups is 3. The lowest BCUT2D eigenvalue weighted by Crippen LogP contribution is -2.66. The Balaban J connectivity index is 2.17. The van der Waals surface area contributed by atoms with E-state index in [1.54, 1.807) is 39.8 Å². The molecule has 0 spiro atoms. The lowest BCUT2D eigenvalue weighted by molar-refractivity contribution is -0.144. The zero-order valence-corrected chi connectivity index (χ0v) is 18.6. The third-order valence-corrected chi connectivity index (χ3v) is 7.41. The van der Waals surface area contributed by atoms with Gasteiger partial charge in [-0.15, -0.1) is 0 Å². The Hall–Kier alpha value is -3.19. The Morgan fingerprint density at radius 2 is 1.78 bits per heavy atom. The van der Waals surface area contributed by atoms with Crippen molar-refractivity contribution in [1.29, 1.82) is 0 Å². The third kappa shape index (κ3) is 2.37. The monoisotopic (exact) mass is 438 g/mol. The highest BCUT2D eigenvalue weighted by Crippen LogP contribution is 2.59. The summed E-state index contributed by atoms with van der Waals surface area (Å²) in [6.45, 7) is 7.93. The molecule has 32 heavy (non-hydrogen) atoms. The second-order valence-corrected chi connectivity index (χ2v) is 9.53. The Morgan fingerprint density at radius 1 is 1.16 bits per heavy atom. The number of aryl methyl sites for hydroxylation is 1. The molecule has 2 aliphatic rings. The number of ketones is 3. The van der Waals surface area contributed by atoms with E-state index in [9.17, 15) is 34.8 Å². The maximum atomic E-state index is 13.9. The van der Waals surface area contributed by atoms with Crippen LogP contribution >= 0.6 is 0 Å². The summed E-state index contributed by atoms with van der Waals surface area (Å²) in [7, 11) is 0. The molecule has 4 N–H and O–H groups in total. The first-order chi connectivity index (χ1) is 14.8. The molecular formula is C25H26O7. The zero-order chi connectivity index (χ0) is 23.9. The van der Waals surface area contributed by atoms with Crippen LogP contribution < -0.4 is 0 Å². The average molecular weight is 438 g/mol. The lowest BCUT2D eigenvalue weighted by atomic mass is 9.49. The quantitative estimate of drug-likeness (QED) is 0.529. The molecule has 168 valence electrons. The Bertz CT molecular complexity index is 1270. The van der Waals surface area contributed by atoms with Gasteiger partial charge in [-0.3, -0.25) is 14.4 Å². The van der Waals surface area contributed by atoms with Gasteiger partial charge in [-0.2, -0.15) is 0 Å². The molecule has 0 heterocycles. The van der Waals surface area contributed by atoms with Gasteiger partial charge in [0, 0.05) is 11.3 Å². The zero-order valence-electron chi connectivity index (χ0n) is 18.6. The van der Waals surface area contributed by atoms with E-state index in [1.807, 2.05) is 0 Å². The second-order valence-electron chi connectivity index (χ2n) is 9.53. The van der Waals surface area contributed by atoms with E-state index in [0.29, 0.717) is 16.5 Å². The van der Waals surface area contributed by atoms with E-state index >= 15 is 0 Å². The highest BCUT2D eigenvalue weighted by Gasteiger charge is 2.68. The number of carbonyl (C=O) groups excluding carboxylic acids is 3. The molecule has 0 aliphatic heterocycles. The fourth-order valence-corrected chi connectivity index (χ4v) is 5.95. The van der Waals surface area contributed by atoms with E-state index in [0.717, 1.165) is 6.92 Å². The van der Waals surface area contributed by atoms with Gasteiger partial charge in [-0.1, -0.05) is 32.9 Å². The SMILES string of the molecule is CC(=O)C1=C(O)[C@]2(O)C(=O)c3c(c(C)c4cccc(O)c4c3O)C[C@]2(C)C(C(C)C)C1=O. The summed E-state index contributed by atoms with van der Waals surface area (Å²) in [4.78, 5) is 39.4. The number of hydrogen-bond donors (Lipinski definition) is 4. The highest BCUT2D eigenvalue weighted by molar-refractivity contribution is 6.24. The number of benzene rings is 2. The summed E-state index contributed by atoms with van der Waals surface area (Å²) in [5.41, 5.74) is -3.80. The minimum Gasteiger partial charge on any atom is -0.508 e. The number of fused-ring (bicyclic) bond motifs is 3. The number of aliphatic hydroxyl groups excluding tert-OH is 1. The molecule has 2 aromatic rings. The van der Waals surface area contributed by atoms with Gasteiger partial charge in [0.05, 0.1) is 10.9 Å². The first kappa shape index (κ1) is 22.0. The van der Waals surface area contributed by atoms with Crippen molar-refractivity contribution in [1.82, 2.24) is 0 Å². The van der Waals surface area contributed by atoms with Gasteiger partial charge < -0.3 is 20.4 Å². The van der Waals surface area contributed by atoms with Crippen molar-refractivity contribution in [3.8, 4) is 11.5 Å². The van der Waals surface area contributed by atoms with Crippen LogP contribution in [-0.4, -0.2) is 43.4 Å². The molecule has 0 saturated carbocycles. The van der Waals surface area contributed by atoms with Crippen LogP contribution in [0.5, 0.6) is 11.5 Å². The van der Waals surface area contributed by atoms with Crippen LogP contribution in [-0.2, 0) is 16.0 Å². The van der Waals surface area contributed by atoms with Crippen LogP contribution in [0.4, 0.5) is 0 Å². The van der Waals surface area contributed by atoms with E-state index in [2.05, 4.69) is 0 Å². The molecule has 1 unspecified atom stereocenters. The molecular weight excluding hydrogens is 412 g/mol. The number of hydrogen-bond acceptors (Lipinski definition) is 7. The predicted octanol–water partition coefficient (Wildman–Crippen LogP) is 3.29. The normalized spacial score (nSPS) is 27.7. The van der Waals surface area contributed by atoms with Crippen molar-refractivity contribution in [2.24, 2.45) is 17.3 Å². The third-order valence-electron chi connectivity index (χ3n) is 7.41. The van der Waals surface area contributed by atoms with Crippen LogP contribution in [0.25, 0.3) is 10.8 Å². The molecule has 7 heteroatoms. The van der Waals surface area contributed by atoms with Gasteiger partial charge in [0.2, 0.25) is 5.78 Å². The van der Waals surface area contributed by atoms with E-state index in [-0.39, 0.29) is 29.0 Å². The summed E-state index contributed by atoms with van der Waals surface area (Å²) in [5, 5.41) is 44.8. The number of rotatable bonds is 2. The van der Waals surface area contributed by atoms with Crippen LogP contribution in [0.2, 0.25) is 0 Å². The Labute approximate surface area is 185 Å². The van der Waals surface area contributed by atoms with Crippen LogP contribution in [0.1, 0.15) is 49.2 Å². The number of aliphatic hydroxyl groups is 2. The summed E-state index contributed by atoms with van der Waals surface area (Å²) in [6.07, 6.45) is -0.000601. The van der Waals surface area contributed by atoms with Gasteiger partial charge in [0.15, 0.2) is 17.2 Å². The summed E-state index contributed by atoms with van der Waals surface area (Å²) in [5.74, 6) is -5.34. The molecule has 0 bridgehead atoms. The summed E-state index contributed by atoms with van der Waals surface area (Å²) < 4.78 is 0. The van der Waals surface area contributed by atoms with Crippen molar-refractivity contribution >= 4 is 28.1 Å². The number of phenols is 2. The van der Waals surface area contributed by atoms with Gasteiger partial charge in [-0.25, -0.2) is 0 Å². The maximum Gasteiger partial charge on any atom is 0.206 e. The minimum atomic E-state index is -2.59. The summed E-state index contributed by atoms with van der Waals surface area (Å²) in [6, 6.07) is 4.70. The molecule has 0 radical (unpaired) electrons. The molecule has 3 atom stereocenters. The van der Waals surface area contributed by atoms with E-state index in [1.165, 1.54) is 6.07 Å². The molecule has 2 aliphatic carbocycles. The first-order valence-electron chi connectivity index (χ1n) is 10.5. The van der Waals surface area contributed by atoms with Gasteiger partial charge in [0.1, 0.15) is 22.8 Å². The molecule has 0 fully saturated rings. The van der Waals surface area contributed by atoms with Crippen molar-refractivity contribution < 1.29 is 34.8 Å². The van der Waals surface area contributed by atoms with Crippen molar-refractivity contribution in [2.75, 3.05) is 0 Å². The minimum absolute atomic E-state index is 0.000601. The molecule has 2 aromatic carbocycles. The number of Topliss-reactive ketones (excluding diaryl/α,β-unsaturated/α-hetero) is 3. The van der Waals surface area contributed by atoms with Crippen molar-refractivity contribution in [3.63, 3.8) is 0 Å². The highest BCUT2D eigenvalue weighted by atomic mass is 16.3. The van der Waals surface area contributed by atoms with Crippen molar-refractivity contribution in [2.45, 2.75) is 46.6 Å². The fourth-order valence-electron chi connectivity index (χ4n) is 5.95. The maximum absolute atomic E-state index is 13.9. The topological polar surface area (TPSA) is 132 Å². The van der Waals surface area contributed by atoms with Crippen LogP contribution in [0.3, 0.4) is 0 Å². The van der Waals surface area contributed by atoms with Crippen LogP contribution in [0.15, 0.2) is 29.5 Å². The Morgan fingerprint density at radius 3 is 2.34 bits per heavy atom. The smallest absolute Gasteiger partial charge is 0.206 e. The number of allylic oxidation sites excluding steroid dienone is 1. The number of aromatic hydroxyl groups is 2. The lowest BCUT2D eigenvalue weighted by Gasteiger charge is -2.54. The predicted molar refractivity (Wildman–Crippen MR) is 117 cm³/mol. The molecule has 0 saturated heterocycles. The average Bonchev–Trinajstić information content (AvgIpc) is 2.68. The largest absolute Gasteiger partial charge is 0.508 e. The first-order valence-corrected chi connectivity index (χ1v) is 10.5. The van der Waals surface area contributed by atoms with Gasteiger partial charge in [0.25, 0.3) is 0 Å². The van der Waals surface area contributed by atoms with Crippen LogP contribution in [0, 0.1) is 24.2 Å². The summed E-state index contributed by atoms with van der Waals surface area (Å²) >= 11 is 0. The molecule has 0 amide bonds. The van der Waals surface area contributed by atoms with E-state index < -0.39 is 51.4 Å². The fraction of sp³-hybridized carbons (Fsp3) is 0.400.